The third-order valence-electron chi connectivity index (χ3n) is 4.93. The van der Waals surface area contributed by atoms with Gasteiger partial charge in [0, 0.05) is 23.5 Å². The van der Waals surface area contributed by atoms with E-state index in [-0.39, 0.29) is 17.3 Å². The third-order valence-corrected chi connectivity index (χ3v) is 7.80. The minimum atomic E-state index is -3.74. The molecule has 1 aliphatic carbocycles. The molecule has 1 saturated carbocycles. The van der Waals surface area contributed by atoms with E-state index in [0.717, 1.165) is 19.3 Å². The molecule has 32 heavy (non-hydrogen) atoms. The average molecular weight is 483 g/mol. The molecule has 3 rings (SSSR count). The van der Waals surface area contributed by atoms with Gasteiger partial charge in [0.05, 0.1) is 11.0 Å². The first-order valence-electron chi connectivity index (χ1n) is 10.3. The van der Waals surface area contributed by atoms with Crippen molar-refractivity contribution in [3.8, 4) is 11.5 Å². The lowest BCUT2D eigenvalue weighted by atomic mass is 10.0. The van der Waals surface area contributed by atoms with Crippen LogP contribution in [0.2, 0.25) is 0 Å². The summed E-state index contributed by atoms with van der Waals surface area (Å²) in [5.74, 6) is 0.0153. The fraction of sp³-hybridized carbons (Fsp3) is 0.381. The Labute approximate surface area is 188 Å². The van der Waals surface area contributed by atoms with E-state index in [2.05, 4.69) is 10.6 Å². The van der Waals surface area contributed by atoms with Crippen molar-refractivity contribution in [1.82, 2.24) is 0 Å². The van der Waals surface area contributed by atoms with Gasteiger partial charge in [-0.05, 0) is 44.0 Å². The van der Waals surface area contributed by atoms with E-state index < -0.39 is 31.5 Å². The number of amides is 2. The Kier molecular flexibility index (Phi) is 7.62. The lowest BCUT2D eigenvalue weighted by Crippen LogP contribution is -2.28. The standard InChI is InChI=1S/C21H26N2O7S2/c1-2-31(25,26)29-18-10-6-8-16(14-18)22-21(24)23-17-9-7-11-19(15-17)30-32(27,28)20-12-4-3-5-13-20/h6-11,14-15,20H,2-5,12-13H2,1H3,(H2,22,23,24). The Balaban J connectivity index is 1.62. The number of hydrogen-bond donors (Lipinski definition) is 2. The van der Waals surface area contributed by atoms with E-state index in [1.165, 1.54) is 31.2 Å². The van der Waals surface area contributed by atoms with E-state index in [1.54, 1.807) is 24.3 Å². The topological polar surface area (TPSA) is 128 Å². The lowest BCUT2D eigenvalue weighted by molar-refractivity contribution is 0.262. The van der Waals surface area contributed by atoms with Gasteiger partial charge in [-0.3, -0.25) is 0 Å². The van der Waals surface area contributed by atoms with Gasteiger partial charge in [-0.1, -0.05) is 31.4 Å². The number of nitrogens with one attached hydrogen (secondary N) is 2. The van der Waals surface area contributed by atoms with Crippen LogP contribution in [0, 0.1) is 0 Å². The molecule has 0 unspecified atom stereocenters. The number of benzene rings is 2. The second-order valence-corrected chi connectivity index (χ2v) is 11.1. The van der Waals surface area contributed by atoms with Crippen LogP contribution in [0.15, 0.2) is 48.5 Å². The average Bonchev–Trinajstić information content (AvgIpc) is 2.74. The molecule has 2 aromatic carbocycles. The van der Waals surface area contributed by atoms with Crippen LogP contribution in [0.25, 0.3) is 0 Å². The van der Waals surface area contributed by atoms with Crippen molar-refractivity contribution in [2.24, 2.45) is 0 Å². The molecule has 0 saturated heterocycles. The third kappa shape index (κ3) is 6.86. The van der Waals surface area contributed by atoms with Crippen LogP contribution < -0.4 is 19.0 Å². The van der Waals surface area contributed by atoms with Crippen molar-refractivity contribution in [3.63, 3.8) is 0 Å². The molecule has 2 aromatic rings. The fourth-order valence-corrected chi connectivity index (χ4v) is 5.24. The predicted octanol–water partition coefficient (Wildman–Crippen LogP) is 4.10. The first kappa shape index (κ1) is 23.9. The summed E-state index contributed by atoms with van der Waals surface area (Å²) in [5, 5.41) is 4.65. The first-order chi connectivity index (χ1) is 15.2. The van der Waals surface area contributed by atoms with Crippen LogP contribution in [0.1, 0.15) is 39.0 Å². The molecule has 1 aliphatic rings. The van der Waals surface area contributed by atoms with Crippen molar-refractivity contribution in [2.45, 2.75) is 44.3 Å². The van der Waals surface area contributed by atoms with Gasteiger partial charge < -0.3 is 19.0 Å². The van der Waals surface area contributed by atoms with Crippen LogP contribution in [0.4, 0.5) is 16.2 Å². The molecule has 2 amide bonds. The molecule has 2 N–H and O–H groups in total. The van der Waals surface area contributed by atoms with Gasteiger partial charge in [-0.25, -0.2) is 4.79 Å². The normalized spacial score (nSPS) is 15.0. The summed E-state index contributed by atoms with van der Waals surface area (Å²) >= 11 is 0. The number of carbonyl (C=O) groups excluding carboxylic acids is 1. The van der Waals surface area contributed by atoms with Crippen molar-refractivity contribution >= 4 is 37.6 Å². The maximum atomic E-state index is 12.5. The highest BCUT2D eigenvalue weighted by molar-refractivity contribution is 7.87. The van der Waals surface area contributed by atoms with E-state index in [4.69, 9.17) is 8.37 Å². The van der Waals surface area contributed by atoms with Crippen molar-refractivity contribution < 1.29 is 30.0 Å². The lowest BCUT2D eigenvalue weighted by Gasteiger charge is -2.21. The van der Waals surface area contributed by atoms with E-state index in [9.17, 15) is 21.6 Å². The zero-order valence-electron chi connectivity index (χ0n) is 17.6. The molecule has 0 radical (unpaired) electrons. The van der Waals surface area contributed by atoms with Crippen LogP contribution in [0.5, 0.6) is 11.5 Å². The summed E-state index contributed by atoms with van der Waals surface area (Å²) < 4.78 is 58.4. The van der Waals surface area contributed by atoms with E-state index >= 15 is 0 Å². The molecule has 0 heterocycles. The Morgan fingerprint density at radius 1 is 0.875 bits per heavy atom. The van der Waals surface area contributed by atoms with Crippen molar-refractivity contribution in [2.75, 3.05) is 16.4 Å². The molecule has 11 heteroatoms. The molecule has 0 aromatic heterocycles. The summed E-state index contributed by atoms with van der Waals surface area (Å²) in [4.78, 5) is 12.3. The van der Waals surface area contributed by atoms with Gasteiger partial charge in [0.2, 0.25) is 0 Å². The minimum Gasteiger partial charge on any atom is -0.382 e. The molecular weight excluding hydrogens is 456 g/mol. The summed E-state index contributed by atoms with van der Waals surface area (Å²) in [6.07, 6.45) is 3.94. The largest absolute Gasteiger partial charge is 0.382 e. The summed E-state index contributed by atoms with van der Waals surface area (Å²) in [6.45, 7) is 1.46. The van der Waals surface area contributed by atoms with Gasteiger partial charge in [0.25, 0.3) is 0 Å². The maximum Gasteiger partial charge on any atom is 0.323 e. The smallest absolute Gasteiger partial charge is 0.323 e. The van der Waals surface area contributed by atoms with Gasteiger partial charge in [-0.15, -0.1) is 0 Å². The molecule has 174 valence electrons. The summed E-state index contributed by atoms with van der Waals surface area (Å²) in [5.41, 5.74) is 0.651. The van der Waals surface area contributed by atoms with Crippen LogP contribution in [-0.2, 0) is 20.2 Å². The number of hydrogen-bond acceptors (Lipinski definition) is 7. The number of urea groups is 1. The fourth-order valence-electron chi connectivity index (χ4n) is 3.31. The zero-order chi connectivity index (χ0) is 23.2. The quantitative estimate of drug-likeness (QED) is 0.542. The van der Waals surface area contributed by atoms with Gasteiger partial charge >= 0.3 is 26.3 Å². The minimum absolute atomic E-state index is 0.0768. The Morgan fingerprint density at radius 3 is 1.94 bits per heavy atom. The van der Waals surface area contributed by atoms with Gasteiger partial charge in [-0.2, -0.15) is 16.8 Å². The highest BCUT2D eigenvalue weighted by Crippen LogP contribution is 2.27. The number of anilines is 2. The Bertz CT molecular complexity index is 1160. The molecule has 1 fully saturated rings. The highest BCUT2D eigenvalue weighted by Gasteiger charge is 2.29. The number of rotatable bonds is 8. The number of carbonyl (C=O) groups is 1. The zero-order valence-corrected chi connectivity index (χ0v) is 19.2. The molecular formula is C21H26N2O7S2. The van der Waals surface area contributed by atoms with Crippen LogP contribution in [0.3, 0.4) is 0 Å². The molecule has 9 nitrogen and oxygen atoms in total. The summed E-state index contributed by atoms with van der Waals surface area (Å²) in [6, 6.07) is 11.5. The maximum absolute atomic E-state index is 12.5. The van der Waals surface area contributed by atoms with E-state index in [1.807, 2.05) is 0 Å². The highest BCUT2D eigenvalue weighted by atomic mass is 32.2. The predicted molar refractivity (Wildman–Crippen MR) is 122 cm³/mol. The molecule has 0 aliphatic heterocycles. The van der Waals surface area contributed by atoms with Crippen LogP contribution >= 0.6 is 0 Å². The summed E-state index contributed by atoms with van der Waals surface area (Å²) in [7, 11) is -7.43. The van der Waals surface area contributed by atoms with E-state index in [0.29, 0.717) is 24.2 Å². The molecule has 0 spiro atoms. The van der Waals surface area contributed by atoms with Crippen molar-refractivity contribution in [3.05, 3.63) is 48.5 Å². The Hall–Kier alpha value is -2.79. The SMILES string of the molecule is CCS(=O)(=O)Oc1cccc(NC(=O)Nc2cccc(OS(=O)(=O)C3CCCCC3)c2)c1. The monoisotopic (exact) mass is 482 g/mol. The van der Waals surface area contributed by atoms with Crippen LogP contribution in [-0.4, -0.2) is 33.9 Å². The molecule has 0 bridgehead atoms. The molecule has 0 atom stereocenters. The second-order valence-electron chi connectivity index (χ2n) is 7.40. The van der Waals surface area contributed by atoms with Gasteiger partial charge in [0.1, 0.15) is 11.5 Å². The second kappa shape index (κ2) is 10.2. The first-order valence-corrected chi connectivity index (χ1v) is 13.4. The van der Waals surface area contributed by atoms with Gasteiger partial charge in [0.15, 0.2) is 0 Å². The Morgan fingerprint density at radius 2 is 1.41 bits per heavy atom. The van der Waals surface area contributed by atoms with Crippen molar-refractivity contribution in [1.29, 1.82) is 0 Å².